The van der Waals surface area contributed by atoms with Gasteiger partial charge >= 0.3 is 0 Å². The first-order valence-electron chi connectivity index (χ1n) is 7.43. The fourth-order valence-electron chi connectivity index (χ4n) is 2.96. The molecule has 3 rings (SSSR count). The van der Waals surface area contributed by atoms with Gasteiger partial charge in [0, 0.05) is 55.0 Å². The van der Waals surface area contributed by atoms with E-state index in [2.05, 4.69) is 67.2 Å². The van der Waals surface area contributed by atoms with Crippen LogP contribution in [-0.2, 0) is 13.6 Å². The standard InChI is InChI=1S/C16H21BrN4S/c1-20-7-6-19-16(20)14-10-18-5-8-21(14)11-12-3-4-13(17)9-15(12)22-2/h3-4,6-7,9,14,18H,5,8,10-11H2,1-2H3. The van der Waals surface area contributed by atoms with Crippen molar-refractivity contribution in [3.8, 4) is 0 Å². The molecule has 1 aromatic carbocycles. The number of nitrogens with zero attached hydrogens (tertiary/aromatic N) is 3. The number of nitrogens with one attached hydrogen (secondary N) is 1. The van der Waals surface area contributed by atoms with Gasteiger partial charge in [-0.15, -0.1) is 11.8 Å². The minimum atomic E-state index is 0.326. The molecule has 6 heteroatoms. The van der Waals surface area contributed by atoms with Gasteiger partial charge in [0.05, 0.1) is 6.04 Å². The van der Waals surface area contributed by atoms with Gasteiger partial charge in [-0.25, -0.2) is 4.98 Å². The molecule has 0 spiro atoms. The first kappa shape index (κ1) is 16.1. The zero-order chi connectivity index (χ0) is 15.5. The lowest BCUT2D eigenvalue weighted by Crippen LogP contribution is -2.46. The van der Waals surface area contributed by atoms with E-state index in [-0.39, 0.29) is 0 Å². The van der Waals surface area contributed by atoms with Crippen LogP contribution in [0.15, 0.2) is 40.0 Å². The van der Waals surface area contributed by atoms with Gasteiger partial charge in [-0.1, -0.05) is 22.0 Å². The van der Waals surface area contributed by atoms with Gasteiger partial charge in [-0.2, -0.15) is 0 Å². The molecule has 0 saturated carbocycles. The third kappa shape index (κ3) is 3.40. The summed E-state index contributed by atoms with van der Waals surface area (Å²) in [7, 11) is 2.07. The van der Waals surface area contributed by atoms with E-state index < -0.39 is 0 Å². The Morgan fingerprint density at radius 2 is 2.32 bits per heavy atom. The maximum absolute atomic E-state index is 4.56. The van der Waals surface area contributed by atoms with E-state index in [9.17, 15) is 0 Å². The number of hydrogen-bond donors (Lipinski definition) is 1. The minimum absolute atomic E-state index is 0.326. The predicted molar refractivity (Wildman–Crippen MR) is 95.2 cm³/mol. The number of aromatic nitrogens is 2. The number of hydrogen-bond acceptors (Lipinski definition) is 4. The molecule has 1 aliphatic heterocycles. The lowest BCUT2D eigenvalue weighted by Gasteiger charge is -2.36. The van der Waals surface area contributed by atoms with Crippen LogP contribution in [0.2, 0.25) is 0 Å². The third-order valence-corrected chi connectivity index (χ3v) is 5.45. The summed E-state index contributed by atoms with van der Waals surface area (Å²) in [5, 5.41) is 3.50. The normalized spacial score (nSPS) is 19.5. The van der Waals surface area contributed by atoms with Crippen molar-refractivity contribution >= 4 is 27.7 Å². The van der Waals surface area contributed by atoms with Crippen molar-refractivity contribution in [1.29, 1.82) is 0 Å². The monoisotopic (exact) mass is 380 g/mol. The number of thioether (sulfide) groups is 1. The van der Waals surface area contributed by atoms with Gasteiger partial charge in [0.1, 0.15) is 5.82 Å². The van der Waals surface area contributed by atoms with Crippen LogP contribution in [0.4, 0.5) is 0 Å². The Hall–Kier alpha value is -0.820. The molecule has 1 unspecified atom stereocenters. The second-order valence-electron chi connectivity index (χ2n) is 5.54. The first-order valence-corrected chi connectivity index (χ1v) is 9.45. The second kappa shape index (κ2) is 7.17. The summed E-state index contributed by atoms with van der Waals surface area (Å²) < 4.78 is 3.27. The zero-order valence-electron chi connectivity index (χ0n) is 12.9. The van der Waals surface area contributed by atoms with Crippen LogP contribution >= 0.6 is 27.7 Å². The van der Waals surface area contributed by atoms with E-state index in [4.69, 9.17) is 0 Å². The molecule has 1 saturated heterocycles. The quantitative estimate of drug-likeness (QED) is 0.826. The second-order valence-corrected chi connectivity index (χ2v) is 7.31. The van der Waals surface area contributed by atoms with Gasteiger partial charge in [-0.3, -0.25) is 4.90 Å². The van der Waals surface area contributed by atoms with Crippen molar-refractivity contribution < 1.29 is 0 Å². The van der Waals surface area contributed by atoms with Gasteiger partial charge in [0.2, 0.25) is 0 Å². The van der Waals surface area contributed by atoms with Crippen molar-refractivity contribution in [2.24, 2.45) is 7.05 Å². The van der Waals surface area contributed by atoms with Crippen LogP contribution in [0.3, 0.4) is 0 Å². The number of piperazine rings is 1. The number of rotatable bonds is 4. The Bertz CT molecular complexity index is 643. The molecule has 22 heavy (non-hydrogen) atoms. The largest absolute Gasteiger partial charge is 0.337 e. The summed E-state index contributed by atoms with van der Waals surface area (Å²) in [5.41, 5.74) is 1.39. The smallest absolute Gasteiger partial charge is 0.127 e. The maximum Gasteiger partial charge on any atom is 0.127 e. The molecule has 0 aliphatic carbocycles. The number of benzene rings is 1. The first-order chi connectivity index (χ1) is 10.7. The average Bonchev–Trinajstić information content (AvgIpc) is 2.95. The third-order valence-electron chi connectivity index (χ3n) is 4.13. The van der Waals surface area contributed by atoms with Crippen molar-refractivity contribution in [2.45, 2.75) is 17.5 Å². The SMILES string of the molecule is CSc1cc(Br)ccc1CN1CCNCC1c1nccn1C. The Morgan fingerprint density at radius 1 is 1.45 bits per heavy atom. The lowest BCUT2D eigenvalue weighted by atomic mass is 10.1. The van der Waals surface area contributed by atoms with Gasteiger partial charge in [0.25, 0.3) is 0 Å². The Labute approximate surface area is 144 Å². The molecule has 1 atom stereocenters. The van der Waals surface area contributed by atoms with Gasteiger partial charge in [0.15, 0.2) is 0 Å². The highest BCUT2D eigenvalue weighted by Gasteiger charge is 2.27. The van der Waals surface area contributed by atoms with Crippen LogP contribution in [0.5, 0.6) is 0 Å². The van der Waals surface area contributed by atoms with E-state index in [1.165, 1.54) is 10.5 Å². The molecule has 1 fully saturated rings. The lowest BCUT2D eigenvalue weighted by molar-refractivity contribution is 0.143. The summed E-state index contributed by atoms with van der Waals surface area (Å²) in [6.07, 6.45) is 6.05. The van der Waals surface area contributed by atoms with Crippen LogP contribution in [0.25, 0.3) is 0 Å². The summed E-state index contributed by atoms with van der Waals surface area (Å²) in [4.78, 5) is 8.43. The molecule has 118 valence electrons. The number of aryl methyl sites for hydroxylation is 1. The van der Waals surface area contributed by atoms with E-state index in [1.807, 2.05) is 12.4 Å². The van der Waals surface area contributed by atoms with Crippen molar-refractivity contribution in [2.75, 3.05) is 25.9 Å². The average molecular weight is 381 g/mol. The molecule has 2 aromatic rings. The molecule has 1 N–H and O–H groups in total. The van der Waals surface area contributed by atoms with Crippen LogP contribution in [0, 0.1) is 0 Å². The Morgan fingerprint density at radius 3 is 3.05 bits per heavy atom. The van der Waals surface area contributed by atoms with E-state index in [0.717, 1.165) is 36.5 Å². The summed E-state index contributed by atoms with van der Waals surface area (Å²) in [5.74, 6) is 1.13. The summed E-state index contributed by atoms with van der Waals surface area (Å²) in [6, 6.07) is 6.89. The van der Waals surface area contributed by atoms with Gasteiger partial charge < -0.3 is 9.88 Å². The highest BCUT2D eigenvalue weighted by atomic mass is 79.9. The summed E-state index contributed by atoms with van der Waals surface area (Å²) in [6.45, 7) is 3.99. The van der Waals surface area contributed by atoms with Crippen molar-refractivity contribution in [3.63, 3.8) is 0 Å². The van der Waals surface area contributed by atoms with Crippen LogP contribution in [-0.4, -0.2) is 40.3 Å². The van der Waals surface area contributed by atoms with E-state index in [1.54, 1.807) is 11.8 Å². The molecule has 1 aromatic heterocycles. The molecule has 1 aliphatic rings. The number of halogens is 1. The number of imidazole rings is 1. The summed E-state index contributed by atoms with van der Waals surface area (Å²) >= 11 is 5.37. The predicted octanol–water partition coefficient (Wildman–Crippen LogP) is 3.05. The molecule has 2 heterocycles. The molecule has 4 nitrogen and oxygen atoms in total. The Balaban J connectivity index is 1.84. The van der Waals surface area contributed by atoms with Crippen LogP contribution in [0.1, 0.15) is 17.4 Å². The highest BCUT2D eigenvalue weighted by Crippen LogP contribution is 2.29. The topological polar surface area (TPSA) is 33.1 Å². The fraction of sp³-hybridized carbons (Fsp3) is 0.438. The molecular weight excluding hydrogens is 360 g/mol. The molecule has 0 amide bonds. The molecular formula is C16H21BrN4S. The molecule has 0 bridgehead atoms. The van der Waals surface area contributed by atoms with Crippen molar-refractivity contribution in [3.05, 3.63) is 46.5 Å². The van der Waals surface area contributed by atoms with Crippen molar-refractivity contribution in [1.82, 2.24) is 19.8 Å². The zero-order valence-corrected chi connectivity index (χ0v) is 15.3. The maximum atomic E-state index is 4.56. The minimum Gasteiger partial charge on any atom is -0.337 e. The fourth-order valence-corrected chi connectivity index (χ4v) is 4.11. The van der Waals surface area contributed by atoms with Gasteiger partial charge in [-0.05, 0) is 24.0 Å². The highest BCUT2D eigenvalue weighted by molar-refractivity contribution is 9.10. The Kier molecular flexibility index (Phi) is 5.23. The van der Waals surface area contributed by atoms with Crippen LogP contribution < -0.4 is 5.32 Å². The van der Waals surface area contributed by atoms with E-state index >= 15 is 0 Å². The van der Waals surface area contributed by atoms with E-state index in [0.29, 0.717) is 6.04 Å². The molecule has 0 radical (unpaired) electrons.